The zero-order valence-electron chi connectivity index (χ0n) is 9.72. The average Bonchev–Trinajstić information content (AvgIpc) is 3.09. The van der Waals surface area contributed by atoms with Crippen LogP contribution in [-0.4, -0.2) is 22.4 Å². The molecule has 0 bridgehead atoms. The Hall–Kier alpha value is -1.16. The molecule has 0 radical (unpaired) electrons. The Morgan fingerprint density at radius 1 is 1.53 bits per heavy atom. The number of aliphatic carboxylic acids is 1. The lowest BCUT2D eigenvalue weighted by Gasteiger charge is -2.19. The highest BCUT2D eigenvalue weighted by atomic mass is 32.2. The van der Waals surface area contributed by atoms with Gasteiger partial charge in [0.25, 0.3) is 0 Å². The number of benzene rings is 1. The minimum atomic E-state index is -0.794. The van der Waals surface area contributed by atoms with Gasteiger partial charge < -0.3 is 10.2 Å². The van der Waals surface area contributed by atoms with Gasteiger partial charge in [-0.05, 0) is 37.1 Å². The highest BCUT2D eigenvalue weighted by molar-refractivity contribution is 7.98. The first kappa shape index (κ1) is 12.3. The molecule has 1 aliphatic carbocycles. The summed E-state index contributed by atoms with van der Waals surface area (Å²) in [5.41, 5.74) is 0.824. The molecular formula is C13H16O3S. The van der Waals surface area contributed by atoms with Crippen molar-refractivity contribution >= 4 is 17.7 Å². The van der Waals surface area contributed by atoms with Crippen molar-refractivity contribution in [2.24, 2.45) is 5.92 Å². The second-order valence-electron chi connectivity index (χ2n) is 4.43. The maximum atomic E-state index is 10.9. The molecule has 1 fully saturated rings. The van der Waals surface area contributed by atoms with Crippen LogP contribution in [0.15, 0.2) is 23.1 Å². The number of carboxylic acids is 1. The number of carboxylic acid groups (broad SMARTS) is 1. The summed E-state index contributed by atoms with van der Waals surface area (Å²) in [4.78, 5) is 11.9. The van der Waals surface area contributed by atoms with E-state index < -0.39 is 5.97 Å². The van der Waals surface area contributed by atoms with Gasteiger partial charge >= 0.3 is 5.97 Å². The molecule has 1 saturated carbocycles. The molecule has 4 heteroatoms. The maximum Gasteiger partial charge on any atom is 0.303 e. The Morgan fingerprint density at radius 2 is 2.24 bits per heavy atom. The lowest BCUT2D eigenvalue weighted by atomic mass is 9.90. The predicted octanol–water partition coefficient (Wildman–Crippen LogP) is 3.08. The smallest absolute Gasteiger partial charge is 0.303 e. The number of hydrogen-bond donors (Lipinski definition) is 2. The largest absolute Gasteiger partial charge is 0.508 e. The second-order valence-corrected chi connectivity index (χ2v) is 5.28. The predicted molar refractivity (Wildman–Crippen MR) is 67.6 cm³/mol. The molecule has 1 aromatic rings. The third-order valence-corrected chi connectivity index (χ3v) is 4.02. The average molecular weight is 252 g/mol. The van der Waals surface area contributed by atoms with Crippen LogP contribution in [0.25, 0.3) is 0 Å². The Morgan fingerprint density at radius 3 is 2.76 bits per heavy atom. The number of rotatable bonds is 5. The van der Waals surface area contributed by atoms with Gasteiger partial charge in [0.1, 0.15) is 5.75 Å². The van der Waals surface area contributed by atoms with Crippen molar-refractivity contribution in [3.05, 3.63) is 23.8 Å². The molecule has 0 saturated heterocycles. The maximum absolute atomic E-state index is 10.9. The van der Waals surface area contributed by atoms with Crippen molar-refractivity contribution in [3.63, 3.8) is 0 Å². The number of aromatic hydroxyl groups is 1. The third kappa shape index (κ3) is 2.75. The second kappa shape index (κ2) is 5.00. The topological polar surface area (TPSA) is 57.5 Å². The van der Waals surface area contributed by atoms with E-state index in [0.717, 1.165) is 23.3 Å². The van der Waals surface area contributed by atoms with Gasteiger partial charge in [-0.3, -0.25) is 4.79 Å². The molecule has 0 aliphatic heterocycles. The Labute approximate surface area is 105 Å². The number of hydrogen-bond acceptors (Lipinski definition) is 3. The lowest BCUT2D eigenvalue weighted by Crippen LogP contribution is -2.09. The summed E-state index contributed by atoms with van der Waals surface area (Å²) in [5, 5.41) is 19.0. The molecule has 92 valence electrons. The van der Waals surface area contributed by atoms with Gasteiger partial charge in [0, 0.05) is 16.4 Å². The monoisotopic (exact) mass is 252 g/mol. The van der Waals surface area contributed by atoms with E-state index in [1.54, 1.807) is 23.9 Å². The van der Waals surface area contributed by atoms with Crippen molar-refractivity contribution in [1.29, 1.82) is 0 Å². The molecule has 1 unspecified atom stereocenters. The van der Waals surface area contributed by atoms with Crippen LogP contribution in [0, 0.1) is 5.92 Å². The van der Waals surface area contributed by atoms with E-state index in [1.807, 2.05) is 12.3 Å². The van der Waals surface area contributed by atoms with Gasteiger partial charge in [-0.25, -0.2) is 0 Å². The van der Waals surface area contributed by atoms with Crippen LogP contribution in [0.3, 0.4) is 0 Å². The molecule has 1 atom stereocenters. The summed E-state index contributed by atoms with van der Waals surface area (Å²) in [6, 6.07) is 5.39. The molecule has 0 heterocycles. The first-order valence-corrected chi connectivity index (χ1v) is 6.93. The van der Waals surface area contributed by atoms with E-state index in [9.17, 15) is 9.90 Å². The van der Waals surface area contributed by atoms with Gasteiger partial charge in [-0.1, -0.05) is 6.07 Å². The molecule has 0 amide bonds. The van der Waals surface area contributed by atoms with E-state index >= 15 is 0 Å². The van der Waals surface area contributed by atoms with E-state index in [-0.39, 0.29) is 18.1 Å². The SMILES string of the molecule is CSc1cccc(O)c1C(CC(=O)O)C1CC1. The van der Waals surface area contributed by atoms with Crippen LogP contribution in [0.4, 0.5) is 0 Å². The van der Waals surface area contributed by atoms with Crippen molar-refractivity contribution in [2.45, 2.75) is 30.1 Å². The lowest BCUT2D eigenvalue weighted by molar-refractivity contribution is -0.137. The summed E-state index contributed by atoms with van der Waals surface area (Å²) in [5.74, 6) is -0.186. The van der Waals surface area contributed by atoms with E-state index in [0.29, 0.717) is 5.92 Å². The Balaban J connectivity index is 2.37. The Bertz CT molecular complexity index is 427. The quantitative estimate of drug-likeness (QED) is 0.791. The van der Waals surface area contributed by atoms with Gasteiger partial charge in [0.2, 0.25) is 0 Å². The van der Waals surface area contributed by atoms with Gasteiger partial charge in [0.15, 0.2) is 0 Å². The molecule has 2 rings (SSSR count). The molecular weight excluding hydrogens is 236 g/mol. The zero-order valence-corrected chi connectivity index (χ0v) is 10.5. The van der Waals surface area contributed by atoms with Crippen molar-refractivity contribution in [2.75, 3.05) is 6.26 Å². The summed E-state index contributed by atoms with van der Waals surface area (Å²) in [6.45, 7) is 0. The highest BCUT2D eigenvalue weighted by Gasteiger charge is 2.36. The molecule has 0 spiro atoms. The molecule has 3 nitrogen and oxygen atoms in total. The minimum Gasteiger partial charge on any atom is -0.508 e. The van der Waals surface area contributed by atoms with Crippen molar-refractivity contribution in [3.8, 4) is 5.75 Å². The fourth-order valence-corrected chi connectivity index (χ4v) is 2.96. The number of phenols is 1. The Kier molecular flexibility index (Phi) is 3.62. The first-order valence-electron chi connectivity index (χ1n) is 5.71. The third-order valence-electron chi connectivity index (χ3n) is 3.22. The van der Waals surface area contributed by atoms with Crippen LogP contribution in [-0.2, 0) is 4.79 Å². The highest BCUT2D eigenvalue weighted by Crippen LogP contribution is 2.49. The van der Waals surface area contributed by atoms with E-state index in [4.69, 9.17) is 5.11 Å². The molecule has 17 heavy (non-hydrogen) atoms. The summed E-state index contributed by atoms with van der Waals surface area (Å²) in [6.07, 6.45) is 4.19. The minimum absolute atomic E-state index is 0.0452. The first-order chi connectivity index (χ1) is 8.13. The summed E-state index contributed by atoms with van der Waals surface area (Å²) >= 11 is 1.56. The molecule has 2 N–H and O–H groups in total. The fraction of sp³-hybridized carbons (Fsp3) is 0.462. The number of phenolic OH excluding ortho intramolecular Hbond substituents is 1. The van der Waals surface area contributed by atoms with Gasteiger partial charge in [-0.15, -0.1) is 11.8 Å². The van der Waals surface area contributed by atoms with Crippen LogP contribution in [0.5, 0.6) is 5.75 Å². The number of carbonyl (C=O) groups is 1. The van der Waals surface area contributed by atoms with Gasteiger partial charge in [-0.2, -0.15) is 0 Å². The van der Waals surface area contributed by atoms with Gasteiger partial charge in [0.05, 0.1) is 6.42 Å². The normalized spacial score (nSPS) is 16.8. The van der Waals surface area contributed by atoms with Crippen LogP contribution in [0.2, 0.25) is 0 Å². The number of thioether (sulfide) groups is 1. The molecule has 0 aromatic heterocycles. The van der Waals surface area contributed by atoms with Crippen LogP contribution >= 0.6 is 11.8 Å². The van der Waals surface area contributed by atoms with Crippen molar-refractivity contribution < 1.29 is 15.0 Å². The van der Waals surface area contributed by atoms with Crippen LogP contribution < -0.4 is 0 Å². The van der Waals surface area contributed by atoms with Crippen LogP contribution in [0.1, 0.15) is 30.7 Å². The zero-order chi connectivity index (χ0) is 12.4. The standard InChI is InChI=1S/C13H16O3S/c1-17-11-4-2-3-10(14)13(11)9(7-12(15)16)8-5-6-8/h2-4,8-9,14H,5-7H2,1H3,(H,15,16). The molecule has 1 aromatic carbocycles. The fourth-order valence-electron chi connectivity index (χ4n) is 2.27. The summed E-state index contributed by atoms with van der Waals surface area (Å²) in [7, 11) is 0. The van der Waals surface area contributed by atoms with Crippen molar-refractivity contribution in [1.82, 2.24) is 0 Å². The summed E-state index contributed by atoms with van der Waals surface area (Å²) < 4.78 is 0. The van der Waals surface area contributed by atoms with E-state index in [1.165, 1.54) is 0 Å². The van der Waals surface area contributed by atoms with E-state index in [2.05, 4.69) is 0 Å². The molecule has 1 aliphatic rings.